The minimum atomic E-state index is -0.580. The lowest BCUT2D eigenvalue weighted by atomic mass is 10.1. The summed E-state index contributed by atoms with van der Waals surface area (Å²) in [4.78, 5) is 14.4. The Morgan fingerprint density at radius 3 is 2.30 bits per heavy atom. The molecule has 23 heavy (non-hydrogen) atoms. The molecule has 0 atom stereocenters. The zero-order valence-electron chi connectivity index (χ0n) is 13.6. The number of carbonyl (C=O) groups excluding carboxylic acids is 1. The summed E-state index contributed by atoms with van der Waals surface area (Å²) in [5.74, 6) is -0.580. The minimum absolute atomic E-state index is 0.0747. The topological polar surface area (TPSA) is 97.5 Å². The second-order valence-electron chi connectivity index (χ2n) is 4.90. The van der Waals surface area contributed by atoms with Crippen LogP contribution in [0, 0.1) is 0 Å². The molecule has 0 saturated carbocycles. The molecule has 0 fully saturated rings. The van der Waals surface area contributed by atoms with Crippen LogP contribution in [0.5, 0.6) is 0 Å². The van der Waals surface area contributed by atoms with Crippen molar-refractivity contribution in [1.29, 1.82) is 0 Å². The normalized spacial score (nSPS) is 12.5. The van der Waals surface area contributed by atoms with E-state index in [2.05, 4.69) is 34.4 Å². The Hall–Kier alpha value is -2.41. The lowest BCUT2D eigenvalue weighted by molar-refractivity contribution is -0.114. The van der Waals surface area contributed by atoms with Crippen LogP contribution in [0.1, 0.15) is 25.8 Å². The third kappa shape index (κ3) is 5.71. The Bertz CT molecular complexity index is 540. The molecule has 126 valence electrons. The van der Waals surface area contributed by atoms with Crippen LogP contribution >= 0.6 is 0 Å². The number of nitrogens with zero attached hydrogens (tertiary/aromatic N) is 3. The highest BCUT2D eigenvalue weighted by molar-refractivity contribution is 6.69. The van der Waals surface area contributed by atoms with E-state index in [1.807, 2.05) is 0 Å². The van der Waals surface area contributed by atoms with E-state index in [9.17, 15) is 4.79 Å². The quantitative estimate of drug-likeness (QED) is 0.278. The van der Waals surface area contributed by atoms with Crippen molar-refractivity contribution in [3.8, 4) is 0 Å². The van der Waals surface area contributed by atoms with E-state index in [1.165, 1.54) is 0 Å². The van der Waals surface area contributed by atoms with Crippen molar-refractivity contribution in [3.05, 3.63) is 35.9 Å². The van der Waals surface area contributed by atoms with Crippen LogP contribution in [-0.2, 0) is 4.79 Å². The van der Waals surface area contributed by atoms with Gasteiger partial charge in [-0.1, -0.05) is 54.5 Å². The van der Waals surface area contributed by atoms with Crippen LogP contribution in [0.3, 0.4) is 0 Å². The van der Waals surface area contributed by atoms with Gasteiger partial charge in [-0.2, -0.15) is 0 Å². The van der Waals surface area contributed by atoms with Crippen LogP contribution in [0.2, 0.25) is 0 Å². The number of amides is 1. The maximum Gasteiger partial charge on any atom is 0.275 e. The minimum Gasteiger partial charge on any atom is -0.410 e. The predicted molar refractivity (Wildman–Crippen MR) is 89.4 cm³/mol. The average Bonchev–Trinajstić information content (AvgIpc) is 2.60. The maximum absolute atomic E-state index is 12.1. The van der Waals surface area contributed by atoms with Gasteiger partial charge in [0.25, 0.3) is 5.91 Å². The highest BCUT2D eigenvalue weighted by atomic mass is 16.4. The molecule has 0 aromatic heterocycles. The Labute approximate surface area is 136 Å². The van der Waals surface area contributed by atoms with Crippen LogP contribution in [0.25, 0.3) is 0 Å². The van der Waals surface area contributed by atoms with Gasteiger partial charge < -0.3 is 20.6 Å². The largest absolute Gasteiger partial charge is 0.410 e. The molecule has 0 spiro atoms. The second kappa shape index (κ2) is 10.3. The summed E-state index contributed by atoms with van der Waals surface area (Å²) in [6.45, 7) is 7.41. The Morgan fingerprint density at radius 2 is 1.78 bits per heavy atom. The van der Waals surface area contributed by atoms with Gasteiger partial charge in [0.2, 0.25) is 0 Å². The van der Waals surface area contributed by atoms with Crippen molar-refractivity contribution in [2.75, 3.05) is 26.2 Å². The van der Waals surface area contributed by atoms with Gasteiger partial charge in [-0.05, 0) is 26.1 Å². The maximum atomic E-state index is 12.1. The molecular weight excluding hydrogens is 296 g/mol. The summed E-state index contributed by atoms with van der Waals surface area (Å²) in [7, 11) is 0. The smallest absolute Gasteiger partial charge is 0.275 e. The van der Waals surface area contributed by atoms with Crippen LogP contribution in [0.15, 0.2) is 40.6 Å². The Morgan fingerprint density at radius 1 is 1.13 bits per heavy atom. The van der Waals surface area contributed by atoms with Gasteiger partial charge in [-0.15, -0.1) is 0 Å². The van der Waals surface area contributed by atoms with Gasteiger partial charge in [0, 0.05) is 12.1 Å². The molecule has 0 heterocycles. The van der Waals surface area contributed by atoms with Crippen molar-refractivity contribution in [3.63, 3.8) is 0 Å². The average molecular weight is 320 g/mol. The van der Waals surface area contributed by atoms with Gasteiger partial charge >= 0.3 is 0 Å². The van der Waals surface area contributed by atoms with Crippen molar-refractivity contribution >= 4 is 17.3 Å². The summed E-state index contributed by atoms with van der Waals surface area (Å²) in [5, 5.41) is 27.0. The molecule has 0 aliphatic rings. The van der Waals surface area contributed by atoms with Crippen LogP contribution in [0.4, 0.5) is 0 Å². The van der Waals surface area contributed by atoms with Gasteiger partial charge in [-0.3, -0.25) is 4.79 Å². The first-order valence-corrected chi connectivity index (χ1v) is 7.68. The second-order valence-corrected chi connectivity index (χ2v) is 4.90. The number of benzene rings is 1. The first kappa shape index (κ1) is 18.6. The van der Waals surface area contributed by atoms with E-state index >= 15 is 0 Å². The summed E-state index contributed by atoms with van der Waals surface area (Å²) < 4.78 is 0. The van der Waals surface area contributed by atoms with E-state index in [4.69, 9.17) is 10.4 Å². The predicted octanol–water partition coefficient (Wildman–Crippen LogP) is 1.54. The molecular formula is C16H24N4O3. The van der Waals surface area contributed by atoms with Crippen molar-refractivity contribution < 1.29 is 15.2 Å². The number of hydrogen-bond donors (Lipinski definition) is 3. The molecule has 1 amide bonds. The van der Waals surface area contributed by atoms with Crippen LogP contribution in [-0.4, -0.2) is 58.8 Å². The highest BCUT2D eigenvalue weighted by Gasteiger charge is 2.21. The van der Waals surface area contributed by atoms with Crippen LogP contribution < -0.4 is 5.32 Å². The molecule has 7 heteroatoms. The van der Waals surface area contributed by atoms with Gasteiger partial charge in [-0.25, -0.2) is 0 Å². The number of nitrogens with one attached hydrogen (secondary N) is 1. The van der Waals surface area contributed by atoms with Gasteiger partial charge in [0.1, 0.15) is 5.71 Å². The molecule has 3 N–H and O–H groups in total. The van der Waals surface area contributed by atoms with E-state index in [1.54, 1.807) is 30.3 Å². The molecule has 1 aromatic carbocycles. The molecule has 1 rings (SSSR count). The molecule has 0 unspecified atom stereocenters. The summed E-state index contributed by atoms with van der Waals surface area (Å²) in [6.07, 6.45) is 0.781. The number of carbonyl (C=O) groups is 1. The number of rotatable bonds is 9. The third-order valence-corrected chi connectivity index (χ3v) is 3.52. The van der Waals surface area contributed by atoms with Crippen molar-refractivity contribution in [1.82, 2.24) is 10.2 Å². The van der Waals surface area contributed by atoms with Gasteiger partial charge in [0.05, 0.1) is 0 Å². The first-order chi connectivity index (χ1) is 11.2. The third-order valence-electron chi connectivity index (χ3n) is 3.52. The molecule has 0 saturated heterocycles. The lowest BCUT2D eigenvalue weighted by Gasteiger charge is -2.17. The zero-order chi connectivity index (χ0) is 17.1. The lowest BCUT2D eigenvalue weighted by Crippen LogP contribution is -2.38. The molecule has 0 aliphatic heterocycles. The summed E-state index contributed by atoms with van der Waals surface area (Å²) in [5.41, 5.74) is 0.0944. The first-order valence-electron chi connectivity index (χ1n) is 7.68. The fourth-order valence-electron chi connectivity index (χ4n) is 2.17. The van der Waals surface area contributed by atoms with Crippen molar-refractivity contribution in [2.24, 2.45) is 10.3 Å². The number of oxime groups is 2. The van der Waals surface area contributed by atoms with E-state index in [0.29, 0.717) is 12.1 Å². The summed E-state index contributed by atoms with van der Waals surface area (Å²) in [6, 6.07) is 8.58. The summed E-state index contributed by atoms with van der Waals surface area (Å²) >= 11 is 0. The Kier molecular flexibility index (Phi) is 8.38. The SMILES string of the molecule is CCN(CC)CCCNC(=O)C(=N\O)/C(=N\O)c1ccccc1. The van der Waals surface area contributed by atoms with E-state index in [0.717, 1.165) is 26.1 Å². The number of hydrogen-bond acceptors (Lipinski definition) is 6. The van der Waals surface area contributed by atoms with Crippen molar-refractivity contribution in [2.45, 2.75) is 20.3 Å². The molecule has 0 bridgehead atoms. The fraction of sp³-hybridized carbons (Fsp3) is 0.438. The molecule has 7 nitrogen and oxygen atoms in total. The molecule has 0 aliphatic carbocycles. The molecule has 0 radical (unpaired) electrons. The fourth-order valence-corrected chi connectivity index (χ4v) is 2.17. The standard InChI is InChI=1S/C16H24N4O3/c1-3-20(4-2)12-8-11-17-16(21)15(19-23)14(18-22)13-9-6-5-7-10-13/h5-7,9-10,22-23H,3-4,8,11-12H2,1-2H3,(H,17,21)/b18-14-,19-15-. The highest BCUT2D eigenvalue weighted by Crippen LogP contribution is 2.03. The monoisotopic (exact) mass is 320 g/mol. The van der Waals surface area contributed by atoms with E-state index in [-0.39, 0.29) is 11.4 Å². The van der Waals surface area contributed by atoms with Gasteiger partial charge in [0.15, 0.2) is 5.71 Å². The Balaban J connectivity index is 2.62. The van der Waals surface area contributed by atoms with E-state index < -0.39 is 5.91 Å². The molecule has 1 aromatic rings. The zero-order valence-corrected chi connectivity index (χ0v) is 13.6.